The van der Waals surface area contributed by atoms with Crippen molar-refractivity contribution in [2.45, 2.75) is 13.3 Å². The van der Waals surface area contributed by atoms with E-state index in [1.54, 1.807) is 24.4 Å². The molecular weight excluding hydrogens is 203 g/mol. The lowest BCUT2D eigenvalue weighted by Gasteiger charge is -2.10. The van der Waals surface area contributed by atoms with Crippen LogP contribution in [0.25, 0.3) is 11.1 Å². The van der Waals surface area contributed by atoms with E-state index in [9.17, 15) is 4.39 Å². The average Bonchev–Trinajstić information content (AvgIpc) is 2.29. The topological polar surface area (TPSA) is 38.9 Å². The van der Waals surface area contributed by atoms with Gasteiger partial charge in [0.2, 0.25) is 0 Å². The number of nitrogens with two attached hydrogens (primary N) is 1. The number of benzene rings is 1. The van der Waals surface area contributed by atoms with Crippen LogP contribution in [0, 0.1) is 5.82 Å². The first-order valence-electron chi connectivity index (χ1n) is 5.22. The Hall–Kier alpha value is -1.90. The van der Waals surface area contributed by atoms with E-state index in [1.165, 1.54) is 6.07 Å². The van der Waals surface area contributed by atoms with Crippen molar-refractivity contribution in [1.82, 2.24) is 4.98 Å². The van der Waals surface area contributed by atoms with Crippen LogP contribution in [0.15, 0.2) is 36.5 Å². The predicted octanol–water partition coefficient (Wildman–Crippen LogP) is 3.03. The normalized spacial score (nSPS) is 10.4. The Labute approximate surface area is 93.9 Å². The molecule has 0 spiro atoms. The minimum absolute atomic E-state index is 0.234. The van der Waals surface area contributed by atoms with Crippen LogP contribution in [0.3, 0.4) is 0 Å². The number of rotatable bonds is 2. The molecule has 0 bridgehead atoms. The lowest BCUT2D eigenvalue weighted by molar-refractivity contribution is 0.631. The van der Waals surface area contributed by atoms with Crippen molar-refractivity contribution < 1.29 is 4.39 Å². The summed E-state index contributed by atoms with van der Waals surface area (Å²) in [5, 5.41) is 0. The maximum atomic E-state index is 13.7. The second-order valence-electron chi connectivity index (χ2n) is 3.56. The van der Waals surface area contributed by atoms with Gasteiger partial charge in [-0.05, 0) is 24.1 Å². The summed E-state index contributed by atoms with van der Waals surface area (Å²) < 4.78 is 13.7. The molecule has 1 aromatic carbocycles. The predicted molar refractivity (Wildman–Crippen MR) is 63.4 cm³/mol. The third-order valence-electron chi connectivity index (χ3n) is 2.61. The van der Waals surface area contributed by atoms with E-state index >= 15 is 0 Å². The molecule has 2 N–H and O–H groups in total. The van der Waals surface area contributed by atoms with Gasteiger partial charge in [0.05, 0.1) is 0 Å². The molecule has 3 heteroatoms. The number of anilines is 1. The highest BCUT2D eigenvalue weighted by molar-refractivity contribution is 5.71. The van der Waals surface area contributed by atoms with Crippen LogP contribution >= 0.6 is 0 Å². The second kappa shape index (κ2) is 4.31. The molecule has 0 saturated carbocycles. The fourth-order valence-corrected chi connectivity index (χ4v) is 1.81. The van der Waals surface area contributed by atoms with Crippen molar-refractivity contribution in [3.05, 3.63) is 47.9 Å². The molecule has 0 unspecified atom stereocenters. The maximum absolute atomic E-state index is 13.7. The van der Waals surface area contributed by atoms with Crippen LogP contribution < -0.4 is 5.73 Å². The fraction of sp³-hybridized carbons (Fsp3) is 0.154. The maximum Gasteiger partial charge on any atom is 0.131 e. The number of hydrogen-bond donors (Lipinski definition) is 1. The van der Waals surface area contributed by atoms with Crippen LogP contribution in [0.5, 0.6) is 0 Å². The lowest BCUT2D eigenvalue weighted by atomic mass is 9.99. The van der Waals surface area contributed by atoms with Crippen molar-refractivity contribution in [2.24, 2.45) is 0 Å². The quantitative estimate of drug-likeness (QED) is 0.838. The molecule has 82 valence electrons. The molecule has 1 heterocycles. The number of pyridine rings is 1. The summed E-state index contributed by atoms with van der Waals surface area (Å²) in [6.07, 6.45) is 2.35. The standard InChI is InChI=1S/C13H13FN2/c1-2-9-10(7-8-16-13(9)15)11-5-3-4-6-12(11)14/h3-8H,2H2,1H3,(H2,15,16). The van der Waals surface area contributed by atoms with Gasteiger partial charge in [0, 0.05) is 17.3 Å². The third kappa shape index (κ3) is 1.76. The molecule has 0 atom stereocenters. The van der Waals surface area contributed by atoms with Crippen molar-refractivity contribution in [2.75, 3.05) is 5.73 Å². The molecule has 0 radical (unpaired) electrons. The number of hydrogen-bond acceptors (Lipinski definition) is 2. The minimum atomic E-state index is -0.234. The molecule has 16 heavy (non-hydrogen) atoms. The Morgan fingerprint density at radius 3 is 2.62 bits per heavy atom. The smallest absolute Gasteiger partial charge is 0.131 e. The van der Waals surface area contributed by atoms with Crippen molar-refractivity contribution in [3.63, 3.8) is 0 Å². The monoisotopic (exact) mass is 216 g/mol. The Morgan fingerprint density at radius 1 is 1.19 bits per heavy atom. The van der Waals surface area contributed by atoms with E-state index in [2.05, 4.69) is 4.98 Å². The van der Waals surface area contributed by atoms with Gasteiger partial charge in [-0.15, -0.1) is 0 Å². The number of nitrogen functional groups attached to an aromatic ring is 1. The Morgan fingerprint density at radius 2 is 1.94 bits per heavy atom. The van der Waals surface area contributed by atoms with E-state index in [1.807, 2.05) is 13.0 Å². The van der Waals surface area contributed by atoms with Crippen LogP contribution in [-0.2, 0) is 6.42 Å². The van der Waals surface area contributed by atoms with Gasteiger partial charge in [-0.2, -0.15) is 0 Å². The van der Waals surface area contributed by atoms with Gasteiger partial charge >= 0.3 is 0 Å². The SMILES string of the molecule is CCc1c(-c2ccccc2F)ccnc1N. The van der Waals surface area contributed by atoms with Gasteiger partial charge in [-0.1, -0.05) is 25.1 Å². The van der Waals surface area contributed by atoms with Crippen LogP contribution in [0.2, 0.25) is 0 Å². The van der Waals surface area contributed by atoms with Crippen LogP contribution in [0.4, 0.5) is 10.2 Å². The largest absolute Gasteiger partial charge is 0.383 e. The summed E-state index contributed by atoms with van der Waals surface area (Å²) >= 11 is 0. The molecular formula is C13H13FN2. The van der Waals surface area contributed by atoms with Gasteiger partial charge in [0.1, 0.15) is 11.6 Å². The zero-order chi connectivity index (χ0) is 11.5. The van der Waals surface area contributed by atoms with E-state index < -0.39 is 0 Å². The first kappa shape index (κ1) is 10.6. The van der Waals surface area contributed by atoms with Crippen molar-refractivity contribution in [3.8, 4) is 11.1 Å². The Bertz CT molecular complexity index is 509. The zero-order valence-electron chi connectivity index (χ0n) is 9.07. The Balaban J connectivity index is 2.65. The van der Waals surface area contributed by atoms with Gasteiger partial charge in [-0.25, -0.2) is 9.37 Å². The summed E-state index contributed by atoms with van der Waals surface area (Å²) in [5.41, 5.74) is 8.09. The van der Waals surface area contributed by atoms with Crippen molar-refractivity contribution >= 4 is 5.82 Å². The first-order valence-corrected chi connectivity index (χ1v) is 5.22. The van der Waals surface area contributed by atoms with E-state index in [0.29, 0.717) is 11.4 Å². The number of halogens is 1. The summed E-state index contributed by atoms with van der Waals surface area (Å²) in [5.74, 6) is 0.242. The Kier molecular flexibility index (Phi) is 2.86. The molecule has 0 aliphatic rings. The second-order valence-corrected chi connectivity index (χ2v) is 3.56. The van der Waals surface area contributed by atoms with E-state index in [4.69, 9.17) is 5.73 Å². The highest BCUT2D eigenvalue weighted by Crippen LogP contribution is 2.28. The molecule has 2 aromatic rings. The number of nitrogens with zero attached hydrogens (tertiary/aromatic N) is 1. The van der Waals surface area contributed by atoms with E-state index in [-0.39, 0.29) is 5.82 Å². The summed E-state index contributed by atoms with van der Waals surface area (Å²) in [7, 11) is 0. The minimum Gasteiger partial charge on any atom is -0.383 e. The molecule has 0 aliphatic carbocycles. The highest BCUT2D eigenvalue weighted by atomic mass is 19.1. The molecule has 0 aliphatic heterocycles. The van der Waals surface area contributed by atoms with Gasteiger partial charge in [0.25, 0.3) is 0 Å². The highest BCUT2D eigenvalue weighted by Gasteiger charge is 2.10. The van der Waals surface area contributed by atoms with Crippen molar-refractivity contribution in [1.29, 1.82) is 0 Å². The molecule has 2 nitrogen and oxygen atoms in total. The van der Waals surface area contributed by atoms with Crippen LogP contribution in [0.1, 0.15) is 12.5 Å². The summed E-state index contributed by atoms with van der Waals surface area (Å²) in [6.45, 7) is 1.98. The first-order chi connectivity index (χ1) is 7.74. The van der Waals surface area contributed by atoms with Gasteiger partial charge < -0.3 is 5.73 Å². The fourth-order valence-electron chi connectivity index (χ4n) is 1.81. The number of aromatic nitrogens is 1. The molecule has 0 saturated heterocycles. The van der Waals surface area contributed by atoms with Gasteiger partial charge in [0.15, 0.2) is 0 Å². The molecule has 0 amide bonds. The summed E-state index contributed by atoms with van der Waals surface area (Å²) in [4.78, 5) is 4.02. The molecule has 2 rings (SSSR count). The zero-order valence-corrected chi connectivity index (χ0v) is 9.07. The van der Waals surface area contributed by atoms with Crippen LogP contribution in [-0.4, -0.2) is 4.98 Å². The van der Waals surface area contributed by atoms with Gasteiger partial charge in [-0.3, -0.25) is 0 Å². The molecule has 0 fully saturated rings. The summed E-state index contributed by atoms with van der Waals surface area (Å²) in [6, 6.07) is 8.49. The third-order valence-corrected chi connectivity index (χ3v) is 2.61. The lowest BCUT2D eigenvalue weighted by Crippen LogP contribution is -1.99. The average molecular weight is 216 g/mol. The molecule has 1 aromatic heterocycles. The van der Waals surface area contributed by atoms with E-state index in [0.717, 1.165) is 17.5 Å².